The predicted molar refractivity (Wildman–Crippen MR) is 147 cm³/mol. The molecule has 0 aliphatic heterocycles. The second-order valence-electron chi connectivity index (χ2n) is 10.8. The number of nitrogens with two attached hydrogens (primary N) is 1. The highest BCUT2D eigenvalue weighted by Gasteiger charge is 2.64. The molecule has 9 N–H and O–H groups in total. The standard InChI is InChI=1S/C26H32ClN5O9/c1-31(2)13-7-12(29-25(40)30-14(33)8-27)19(34)16-10(13)5-9-6-11-18(32(3)4)21(36)17(24(28)39)23(38)26(11,41)22(37)15(9)20(16)35/h7,9,11,18,21,34-36,38,41H,5-6,8H2,1-4H3,(H2,28,39)(H2,29,30,33,40)/t9-,11-,18-,21?,26-/m0/s1. The molecule has 1 fully saturated rings. The van der Waals surface area contributed by atoms with Gasteiger partial charge in [0.1, 0.15) is 23.5 Å². The van der Waals surface area contributed by atoms with Gasteiger partial charge >= 0.3 is 6.03 Å². The van der Waals surface area contributed by atoms with Crippen molar-refractivity contribution in [2.45, 2.75) is 30.6 Å². The minimum absolute atomic E-state index is 0.00629. The van der Waals surface area contributed by atoms with E-state index >= 15 is 0 Å². The van der Waals surface area contributed by atoms with Crippen LogP contribution in [0.4, 0.5) is 16.2 Å². The lowest BCUT2D eigenvalue weighted by atomic mass is 9.57. The van der Waals surface area contributed by atoms with Gasteiger partial charge in [-0.2, -0.15) is 0 Å². The third-order valence-electron chi connectivity index (χ3n) is 8.01. The highest BCUT2D eigenvalue weighted by atomic mass is 35.5. The Bertz CT molecular complexity index is 1420. The molecule has 0 saturated heterocycles. The molecule has 4 amide bonds. The van der Waals surface area contributed by atoms with E-state index in [-0.39, 0.29) is 29.7 Å². The molecule has 1 saturated carbocycles. The Morgan fingerprint density at radius 2 is 1.80 bits per heavy atom. The molecule has 1 aromatic carbocycles. The molecule has 41 heavy (non-hydrogen) atoms. The highest BCUT2D eigenvalue weighted by molar-refractivity contribution is 6.28. The number of nitrogens with one attached hydrogen (secondary N) is 2. The maximum atomic E-state index is 14.0. The topological polar surface area (TPSA) is 226 Å². The van der Waals surface area contributed by atoms with Crippen LogP contribution in [0.2, 0.25) is 0 Å². The van der Waals surface area contributed by atoms with Crippen molar-refractivity contribution < 1.29 is 44.7 Å². The smallest absolute Gasteiger partial charge is 0.326 e. The van der Waals surface area contributed by atoms with Gasteiger partial charge in [0, 0.05) is 37.3 Å². The number of primary amides is 1. The van der Waals surface area contributed by atoms with E-state index in [2.05, 4.69) is 5.32 Å². The number of halogens is 1. The maximum Gasteiger partial charge on any atom is 0.326 e. The lowest BCUT2D eigenvalue weighted by molar-refractivity contribution is -0.154. The summed E-state index contributed by atoms with van der Waals surface area (Å²) >= 11 is 5.42. The largest absolute Gasteiger partial charge is 0.508 e. The Hall–Kier alpha value is -3.85. The van der Waals surface area contributed by atoms with Crippen molar-refractivity contribution in [2.75, 3.05) is 44.3 Å². The molecule has 0 heterocycles. The van der Waals surface area contributed by atoms with Crippen LogP contribution in [0.5, 0.6) is 5.75 Å². The number of phenols is 1. The number of phenolic OH excluding ortho intramolecular Hbond substituents is 1. The molecule has 1 aromatic rings. The predicted octanol–water partition coefficient (Wildman–Crippen LogP) is -0.291. The number of imide groups is 1. The van der Waals surface area contributed by atoms with Gasteiger partial charge in [-0.05, 0) is 44.5 Å². The Labute approximate surface area is 239 Å². The zero-order chi connectivity index (χ0) is 30.7. The van der Waals surface area contributed by atoms with Gasteiger partial charge in [-0.25, -0.2) is 4.79 Å². The zero-order valence-corrected chi connectivity index (χ0v) is 23.5. The number of benzene rings is 1. The zero-order valence-electron chi connectivity index (χ0n) is 22.7. The van der Waals surface area contributed by atoms with Gasteiger partial charge in [-0.1, -0.05) is 0 Å². The first-order valence-electron chi connectivity index (χ1n) is 12.6. The normalized spacial score (nSPS) is 27.2. The van der Waals surface area contributed by atoms with Crippen LogP contribution in [0.15, 0.2) is 23.0 Å². The molecular weight excluding hydrogens is 562 g/mol. The molecule has 5 atom stereocenters. The summed E-state index contributed by atoms with van der Waals surface area (Å²) < 4.78 is 0. The van der Waals surface area contributed by atoms with Gasteiger partial charge in [-0.15, -0.1) is 11.6 Å². The van der Waals surface area contributed by atoms with Gasteiger partial charge in [0.25, 0.3) is 5.91 Å². The second-order valence-corrected chi connectivity index (χ2v) is 11.1. The molecule has 3 aliphatic carbocycles. The molecule has 0 radical (unpaired) electrons. The van der Waals surface area contributed by atoms with Crippen molar-refractivity contribution in [3.8, 4) is 5.75 Å². The fraction of sp³-hybridized carbons (Fsp3) is 0.462. The molecule has 0 aromatic heterocycles. The fourth-order valence-corrected chi connectivity index (χ4v) is 6.37. The number of likely N-dealkylation sites (N-methyl/N-ethyl adjacent to an activating group) is 1. The number of aromatic hydroxyl groups is 1. The number of nitrogens with zero attached hydrogens (tertiary/aromatic N) is 2. The van der Waals surface area contributed by atoms with E-state index in [1.807, 2.05) is 5.32 Å². The molecule has 4 rings (SSSR count). The molecule has 15 heteroatoms. The summed E-state index contributed by atoms with van der Waals surface area (Å²) in [6, 6.07) is -0.583. The van der Waals surface area contributed by atoms with Gasteiger partial charge in [-0.3, -0.25) is 19.7 Å². The Morgan fingerprint density at radius 3 is 2.34 bits per heavy atom. The van der Waals surface area contributed by atoms with Crippen LogP contribution >= 0.6 is 11.6 Å². The van der Waals surface area contributed by atoms with Crippen LogP contribution < -0.4 is 21.3 Å². The number of urea groups is 1. The van der Waals surface area contributed by atoms with E-state index in [4.69, 9.17) is 17.3 Å². The summed E-state index contributed by atoms with van der Waals surface area (Å²) in [6.45, 7) is 0. The minimum atomic E-state index is -2.71. The van der Waals surface area contributed by atoms with E-state index < -0.39 is 81.9 Å². The molecule has 14 nitrogen and oxygen atoms in total. The average Bonchev–Trinajstić information content (AvgIpc) is 2.87. The van der Waals surface area contributed by atoms with E-state index in [1.165, 1.54) is 11.0 Å². The minimum Gasteiger partial charge on any atom is -0.508 e. The number of hydrogen-bond donors (Lipinski definition) is 8. The number of rotatable bonds is 5. The number of amides is 4. The van der Waals surface area contributed by atoms with Crippen LogP contribution in [0.1, 0.15) is 17.5 Å². The third-order valence-corrected chi connectivity index (χ3v) is 8.26. The number of alkyl halides is 1. The van der Waals surface area contributed by atoms with Crippen molar-refractivity contribution in [2.24, 2.45) is 17.6 Å². The summed E-state index contributed by atoms with van der Waals surface area (Å²) in [6.07, 6.45) is -1.52. The SMILES string of the molecule is CN(C)c1cc(NC(=O)NC(=O)CCl)c(O)c2c1C[C@H]1C[C@H]3[C@H](N(C)C)C(O)C(C(N)=O)=C(O)[C@@]3(O)C(=O)C1=C2O. The van der Waals surface area contributed by atoms with Gasteiger partial charge in [0.15, 0.2) is 11.4 Å². The average molecular weight is 594 g/mol. The lowest BCUT2D eigenvalue weighted by Gasteiger charge is -2.52. The molecule has 0 spiro atoms. The maximum absolute atomic E-state index is 14.0. The van der Waals surface area contributed by atoms with Gasteiger partial charge in [0.05, 0.1) is 16.8 Å². The summed E-state index contributed by atoms with van der Waals surface area (Å²) in [4.78, 5) is 53.2. The number of anilines is 2. The van der Waals surface area contributed by atoms with E-state index in [0.717, 1.165) is 0 Å². The quantitative estimate of drug-likeness (QED) is 0.163. The van der Waals surface area contributed by atoms with Crippen molar-refractivity contribution in [3.05, 3.63) is 34.1 Å². The first kappa shape index (κ1) is 30.1. The summed E-state index contributed by atoms with van der Waals surface area (Å²) in [7, 11) is 6.52. The van der Waals surface area contributed by atoms with Crippen LogP contribution in [0.25, 0.3) is 5.76 Å². The summed E-state index contributed by atoms with van der Waals surface area (Å²) in [5.41, 5.74) is 2.14. The summed E-state index contributed by atoms with van der Waals surface area (Å²) in [5, 5.41) is 60.6. The number of carbonyl (C=O) groups is 4. The number of carbonyl (C=O) groups excluding carboxylic acids is 4. The first-order valence-corrected chi connectivity index (χ1v) is 13.1. The Morgan fingerprint density at radius 1 is 1.17 bits per heavy atom. The number of fused-ring (bicyclic) bond motifs is 3. The van der Waals surface area contributed by atoms with Crippen molar-refractivity contribution >= 4 is 52.4 Å². The van der Waals surface area contributed by atoms with Crippen LogP contribution in [0.3, 0.4) is 0 Å². The lowest BCUT2D eigenvalue weighted by Crippen LogP contribution is -2.66. The van der Waals surface area contributed by atoms with Crippen LogP contribution in [-0.4, -0.2) is 106 Å². The fourth-order valence-electron chi connectivity index (χ4n) is 6.30. The number of hydrogen-bond acceptors (Lipinski definition) is 11. The second kappa shape index (κ2) is 10.5. The number of Topliss-reactive ketones (excluding diaryl/α,β-unsaturated/α-hetero) is 1. The van der Waals surface area contributed by atoms with Gasteiger partial charge in [0.2, 0.25) is 11.7 Å². The first-order chi connectivity index (χ1) is 19.1. The number of aliphatic hydroxyl groups excluding tert-OH is 3. The van der Waals surface area contributed by atoms with Crippen molar-refractivity contribution in [1.29, 1.82) is 0 Å². The van der Waals surface area contributed by atoms with Crippen molar-refractivity contribution in [1.82, 2.24) is 10.2 Å². The Kier molecular flexibility index (Phi) is 7.73. The molecule has 1 unspecified atom stereocenters. The van der Waals surface area contributed by atoms with Gasteiger partial charge < -0.3 is 46.4 Å². The Balaban J connectivity index is 1.92. The van der Waals surface area contributed by atoms with E-state index in [9.17, 15) is 44.7 Å². The van der Waals surface area contributed by atoms with Crippen molar-refractivity contribution in [3.63, 3.8) is 0 Å². The van der Waals surface area contributed by atoms with E-state index in [1.54, 1.807) is 33.1 Å². The number of aliphatic hydroxyl groups is 4. The van der Waals surface area contributed by atoms with Crippen LogP contribution in [0, 0.1) is 11.8 Å². The number of ketones is 1. The molecule has 3 aliphatic rings. The molecular formula is C26H32ClN5O9. The van der Waals surface area contributed by atoms with Crippen LogP contribution in [-0.2, 0) is 20.8 Å². The molecule has 0 bridgehead atoms. The monoisotopic (exact) mass is 593 g/mol. The third kappa shape index (κ3) is 4.56. The summed E-state index contributed by atoms with van der Waals surface area (Å²) in [5.74, 6) is -7.87. The highest BCUT2D eigenvalue weighted by Crippen LogP contribution is 2.55. The van der Waals surface area contributed by atoms with E-state index in [0.29, 0.717) is 11.3 Å². The molecule has 222 valence electrons.